The van der Waals surface area contributed by atoms with Crippen LogP contribution in [0.25, 0.3) is 5.69 Å². The van der Waals surface area contributed by atoms with E-state index in [2.05, 4.69) is 10.1 Å². The first-order valence-corrected chi connectivity index (χ1v) is 9.63. The molecule has 7 nitrogen and oxygen atoms in total. The maximum atomic E-state index is 14.3. The molecule has 1 aromatic carbocycles. The Hall–Kier alpha value is -2.77. The molecule has 1 saturated heterocycles. The van der Waals surface area contributed by atoms with Crippen molar-refractivity contribution in [1.29, 1.82) is 0 Å². The molecule has 3 rings (SSSR count). The number of carbonyl (C=O) groups is 2. The second kappa shape index (κ2) is 8.50. The zero-order valence-corrected chi connectivity index (χ0v) is 16.1. The number of likely N-dealkylation sites (tertiary alicyclic amines) is 1. The zero-order chi connectivity index (χ0) is 20.3. The van der Waals surface area contributed by atoms with Crippen LogP contribution in [-0.2, 0) is 4.79 Å². The average Bonchev–Trinajstić information content (AvgIpc) is 3.12. The summed E-state index contributed by atoms with van der Waals surface area (Å²) in [6.07, 6.45) is 3.02. The quantitative estimate of drug-likeness (QED) is 0.819. The van der Waals surface area contributed by atoms with Crippen molar-refractivity contribution in [3.05, 3.63) is 41.7 Å². The Morgan fingerprint density at radius 2 is 2.04 bits per heavy atom. The van der Waals surface area contributed by atoms with Crippen LogP contribution in [0.3, 0.4) is 0 Å². The van der Waals surface area contributed by atoms with Crippen molar-refractivity contribution in [1.82, 2.24) is 19.7 Å². The van der Waals surface area contributed by atoms with E-state index in [0.29, 0.717) is 18.8 Å². The number of carboxylic acids is 1. The van der Waals surface area contributed by atoms with Crippen LogP contribution in [0.1, 0.15) is 68.3 Å². The van der Waals surface area contributed by atoms with E-state index in [9.17, 15) is 14.0 Å². The highest BCUT2D eigenvalue weighted by atomic mass is 19.1. The summed E-state index contributed by atoms with van der Waals surface area (Å²) in [4.78, 5) is 30.1. The molecule has 150 valence electrons. The molecular formula is C20H25FN4O3. The lowest BCUT2D eigenvalue weighted by molar-refractivity contribution is -0.137. The molecule has 0 aliphatic carbocycles. The van der Waals surface area contributed by atoms with E-state index in [0.717, 1.165) is 19.3 Å². The van der Waals surface area contributed by atoms with Gasteiger partial charge in [0.1, 0.15) is 17.3 Å². The maximum absolute atomic E-state index is 14.3. The van der Waals surface area contributed by atoms with Gasteiger partial charge in [0.25, 0.3) is 5.91 Å². The van der Waals surface area contributed by atoms with Crippen molar-refractivity contribution in [3.63, 3.8) is 0 Å². The minimum atomic E-state index is -0.873. The number of hydrogen-bond donors (Lipinski definition) is 1. The van der Waals surface area contributed by atoms with Gasteiger partial charge in [-0.3, -0.25) is 9.59 Å². The Kier molecular flexibility index (Phi) is 6.06. The Labute approximate surface area is 163 Å². The van der Waals surface area contributed by atoms with E-state index in [1.165, 1.54) is 10.7 Å². The number of piperidine rings is 1. The second-order valence-electron chi connectivity index (χ2n) is 7.39. The lowest BCUT2D eigenvalue weighted by Gasteiger charge is -2.34. The molecule has 1 atom stereocenters. The molecule has 1 aliphatic heterocycles. The molecule has 1 N–H and O–H groups in total. The van der Waals surface area contributed by atoms with Gasteiger partial charge in [0.2, 0.25) is 5.82 Å². The first-order valence-electron chi connectivity index (χ1n) is 9.63. The predicted molar refractivity (Wildman–Crippen MR) is 101 cm³/mol. The summed E-state index contributed by atoms with van der Waals surface area (Å²) in [6, 6.07) is 6.10. The molecule has 0 radical (unpaired) electrons. The number of carboxylic acid groups (broad SMARTS) is 1. The van der Waals surface area contributed by atoms with Gasteiger partial charge in [-0.1, -0.05) is 26.0 Å². The fourth-order valence-corrected chi connectivity index (χ4v) is 3.58. The van der Waals surface area contributed by atoms with Crippen LogP contribution in [-0.4, -0.2) is 49.2 Å². The third kappa shape index (κ3) is 4.21. The van der Waals surface area contributed by atoms with Crippen molar-refractivity contribution in [2.24, 2.45) is 0 Å². The summed E-state index contributed by atoms with van der Waals surface area (Å²) >= 11 is 0. The monoisotopic (exact) mass is 388 g/mol. The third-order valence-electron chi connectivity index (χ3n) is 5.00. The van der Waals surface area contributed by atoms with Crippen LogP contribution in [0.2, 0.25) is 0 Å². The zero-order valence-electron chi connectivity index (χ0n) is 16.1. The molecule has 28 heavy (non-hydrogen) atoms. The summed E-state index contributed by atoms with van der Waals surface area (Å²) in [6.45, 7) is 4.37. The standard InChI is InChI=1S/C20H25FN4O3/c1-13(2)19-22-18(23-25(19)16-9-4-3-8-15(16)21)20(28)24-12-6-5-7-14(24)10-11-17(26)27/h3-4,8-9,13-14H,5-7,10-12H2,1-2H3,(H,26,27)/t14-/m1/s1. The minimum absolute atomic E-state index is 0.0167. The fraction of sp³-hybridized carbons (Fsp3) is 0.500. The molecule has 1 amide bonds. The van der Waals surface area contributed by atoms with Crippen molar-refractivity contribution >= 4 is 11.9 Å². The molecule has 0 unspecified atom stereocenters. The van der Waals surface area contributed by atoms with Crippen LogP contribution >= 0.6 is 0 Å². The highest BCUT2D eigenvalue weighted by Gasteiger charge is 2.31. The van der Waals surface area contributed by atoms with Gasteiger partial charge in [0, 0.05) is 24.9 Å². The first kappa shape index (κ1) is 20.0. The molecule has 1 aliphatic rings. The second-order valence-corrected chi connectivity index (χ2v) is 7.39. The van der Waals surface area contributed by atoms with Gasteiger partial charge in [-0.2, -0.15) is 0 Å². The van der Waals surface area contributed by atoms with Gasteiger partial charge < -0.3 is 10.0 Å². The lowest BCUT2D eigenvalue weighted by atomic mass is 9.98. The number of nitrogens with zero attached hydrogens (tertiary/aromatic N) is 4. The van der Waals surface area contributed by atoms with Crippen molar-refractivity contribution < 1.29 is 19.1 Å². The molecule has 0 spiro atoms. The van der Waals surface area contributed by atoms with Gasteiger partial charge in [0.15, 0.2) is 0 Å². The number of halogens is 1. The fourth-order valence-electron chi connectivity index (χ4n) is 3.58. The molecule has 2 aromatic rings. The molecule has 1 aromatic heterocycles. The summed E-state index contributed by atoms with van der Waals surface area (Å²) < 4.78 is 15.7. The Morgan fingerprint density at radius 1 is 1.29 bits per heavy atom. The van der Waals surface area contributed by atoms with E-state index in [1.807, 2.05) is 13.8 Å². The highest BCUT2D eigenvalue weighted by Crippen LogP contribution is 2.24. The minimum Gasteiger partial charge on any atom is -0.481 e. The number of para-hydroxylation sites is 1. The molecule has 1 fully saturated rings. The first-order chi connectivity index (χ1) is 13.4. The van der Waals surface area contributed by atoms with Gasteiger partial charge in [0.05, 0.1) is 0 Å². The highest BCUT2D eigenvalue weighted by molar-refractivity contribution is 5.90. The van der Waals surface area contributed by atoms with Crippen LogP contribution in [0, 0.1) is 5.82 Å². The van der Waals surface area contributed by atoms with E-state index in [1.54, 1.807) is 23.1 Å². The number of aromatic nitrogens is 3. The van der Waals surface area contributed by atoms with E-state index >= 15 is 0 Å². The maximum Gasteiger partial charge on any atom is 0.303 e. The number of aliphatic carboxylic acids is 1. The van der Waals surface area contributed by atoms with E-state index in [-0.39, 0.29) is 35.8 Å². The summed E-state index contributed by atoms with van der Waals surface area (Å²) in [5, 5.41) is 13.3. The van der Waals surface area contributed by atoms with Crippen molar-refractivity contribution in [3.8, 4) is 5.69 Å². The van der Waals surface area contributed by atoms with Gasteiger partial charge in [-0.05, 0) is 37.8 Å². The van der Waals surface area contributed by atoms with Crippen LogP contribution in [0.4, 0.5) is 4.39 Å². The summed E-state index contributed by atoms with van der Waals surface area (Å²) in [7, 11) is 0. The topological polar surface area (TPSA) is 88.3 Å². The third-order valence-corrected chi connectivity index (χ3v) is 5.00. The number of benzene rings is 1. The van der Waals surface area contributed by atoms with Crippen LogP contribution in [0.5, 0.6) is 0 Å². The molecule has 0 bridgehead atoms. The van der Waals surface area contributed by atoms with Gasteiger partial charge in [-0.25, -0.2) is 14.1 Å². The van der Waals surface area contributed by atoms with Crippen LogP contribution < -0.4 is 0 Å². The Morgan fingerprint density at radius 3 is 2.71 bits per heavy atom. The predicted octanol–water partition coefficient (Wildman–Crippen LogP) is 3.39. The smallest absolute Gasteiger partial charge is 0.303 e. The number of carbonyl (C=O) groups excluding carboxylic acids is 1. The largest absolute Gasteiger partial charge is 0.481 e. The summed E-state index contributed by atoms with van der Waals surface area (Å²) in [5.41, 5.74) is 0.249. The average molecular weight is 388 g/mol. The van der Waals surface area contributed by atoms with Crippen molar-refractivity contribution in [2.75, 3.05) is 6.54 Å². The SMILES string of the molecule is CC(C)c1nc(C(=O)N2CCCC[C@@H]2CCC(=O)O)nn1-c1ccccc1F. The molecular weight excluding hydrogens is 363 g/mol. The lowest BCUT2D eigenvalue weighted by Crippen LogP contribution is -2.44. The van der Waals surface area contributed by atoms with Gasteiger partial charge in [-0.15, -0.1) is 5.10 Å². The van der Waals surface area contributed by atoms with E-state index < -0.39 is 11.8 Å². The number of hydrogen-bond acceptors (Lipinski definition) is 4. The van der Waals surface area contributed by atoms with Crippen molar-refractivity contribution in [2.45, 2.75) is 57.9 Å². The van der Waals surface area contributed by atoms with Crippen LogP contribution in [0.15, 0.2) is 24.3 Å². The molecule has 0 saturated carbocycles. The van der Waals surface area contributed by atoms with E-state index in [4.69, 9.17) is 5.11 Å². The normalized spacial score (nSPS) is 17.1. The number of amides is 1. The molecule has 2 heterocycles. The Bertz CT molecular complexity index is 865. The Balaban J connectivity index is 1.92. The number of rotatable bonds is 6. The van der Waals surface area contributed by atoms with Gasteiger partial charge >= 0.3 is 5.97 Å². The molecule has 8 heteroatoms. The summed E-state index contributed by atoms with van der Waals surface area (Å²) in [5.74, 6) is -1.17.